The lowest BCUT2D eigenvalue weighted by Crippen LogP contribution is -2.46. The Hall–Kier alpha value is -4.09. The number of likely N-dealkylation sites (tertiary alicyclic amines) is 2. The van der Waals surface area contributed by atoms with Crippen LogP contribution in [0.5, 0.6) is 11.5 Å². The first-order valence-electron chi connectivity index (χ1n) is 16.0. The van der Waals surface area contributed by atoms with Crippen LogP contribution >= 0.6 is 0 Å². The molecule has 0 radical (unpaired) electrons. The van der Waals surface area contributed by atoms with Crippen LogP contribution in [0, 0.1) is 5.92 Å². The maximum Gasteiger partial charge on any atom is 0.253 e. The van der Waals surface area contributed by atoms with Gasteiger partial charge in [-0.1, -0.05) is 66.7 Å². The molecule has 1 amide bonds. The molecule has 5 heteroatoms. The van der Waals surface area contributed by atoms with Gasteiger partial charge in [0.05, 0.1) is 14.2 Å². The Kier molecular flexibility index (Phi) is 9.32. The molecule has 2 saturated heterocycles. The quantitative estimate of drug-likeness (QED) is 0.205. The maximum absolute atomic E-state index is 13.6. The van der Waals surface area contributed by atoms with Crippen LogP contribution in [0.1, 0.15) is 58.3 Å². The number of ether oxygens (including phenoxy) is 2. The van der Waals surface area contributed by atoms with Crippen molar-refractivity contribution in [3.8, 4) is 11.5 Å². The molecule has 4 aromatic rings. The lowest BCUT2D eigenvalue weighted by atomic mass is 9.69. The number of amides is 1. The van der Waals surface area contributed by atoms with Crippen LogP contribution in [-0.4, -0.2) is 56.1 Å². The highest BCUT2D eigenvalue weighted by Crippen LogP contribution is 2.42. The number of hydrogen-bond donors (Lipinski definition) is 0. The molecule has 0 unspecified atom stereocenters. The Balaban J connectivity index is 1.15. The van der Waals surface area contributed by atoms with Crippen molar-refractivity contribution in [2.75, 3.05) is 40.4 Å². The van der Waals surface area contributed by atoms with Crippen molar-refractivity contribution in [2.24, 2.45) is 5.92 Å². The van der Waals surface area contributed by atoms with E-state index in [1.807, 2.05) is 6.07 Å². The molecule has 228 valence electrons. The smallest absolute Gasteiger partial charge is 0.253 e. The summed E-state index contributed by atoms with van der Waals surface area (Å²) in [5.41, 5.74) is 5.84. The van der Waals surface area contributed by atoms with E-state index in [1.165, 1.54) is 22.3 Å². The third kappa shape index (κ3) is 6.68. The molecular weight excluding hydrogens is 544 g/mol. The van der Waals surface area contributed by atoms with Gasteiger partial charge in [0.15, 0.2) is 0 Å². The van der Waals surface area contributed by atoms with E-state index in [-0.39, 0.29) is 11.3 Å². The molecule has 2 aliphatic rings. The molecule has 0 aromatic heterocycles. The Labute approximate surface area is 262 Å². The van der Waals surface area contributed by atoms with Gasteiger partial charge in [-0.3, -0.25) is 9.69 Å². The lowest BCUT2D eigenvalue weighted by molar-refractivity contribution is 0.0690. The largest absolute Gasteiger partial charge is 0.497 e. The number of nitrogens with zero attached hydrogens (tertiary/aromatic N) is 2. The van der Waals surface area contributed by atoms with Gasteiger partial charge in [0.2, 0.25) is 0 Å². The summed E-state index contributed by atoms with van der Waals surface area (Å²) >= 11 is 0. The van der Waals surface area contributed by atoms with Crippen molar-refractivity contribution in [1.82, 2.24) is 9.80 Å². The molecule has 0 saturated carbocycles. The second-order valence-corrected chi connectivity index (χ2v) is 12.5. The first kappa shape index (κ1) is 30.0. The third-order valence-electron chi connectivity index (χ3n) is 9.71. The lowest BCUT2D eigenvalue weighted by Gasteiger charge is -2.44. The number of rotatable bonds is 9. The zero-order chi connectivity index (χ0) is 30.4. The predicted octanol–water partition coefficient (Wildman–Crippen LogP) is 7.38. The number of carbonyl (C=O) groups excluding carboxylic acids is 1. The highest BCUT2D eigenvalue weighted by atomic mass is 16.5. The summed E-state index contributed by atoms with van der Waals surface area (Å²) in [4.78, 5) is 18.2. The van der Waals surface area contributed by atoms with Crippen molar-refractivity contribution < 1.29 is 14.3 Å². The summed E-state index contributed by atoms with van der Waals surface area (Å²) in [5, 5.41) is 0. The number of carbonyl (C=O) groups is 1. The Morgan fingerprint density at radius 3 is 1.98 bits per heavy atom. The van der Waals surface area contributed by atoms with Gasteiger partial charge in [0.25, 0.3) is 5.91 Å². The first-order chi connectivity index (χ1) is 21.6. The summed E-state index contributed by atoms with van der Waals surface area (Å²) < 4.78 is 10.9. The molecule has 0 atom stereocenters. The molecule has 5 nitrogen and oxygen atoms in total. The molecular formula is C39H44N2O3. The number of hydrogen-bond acceptors (Lipinski definition) is 4. The van der Waals surface area contributed by atoms with Gasteiger partial charge >= 0.3 is 0 Å². The monoisotopic (exact) mass is 588 g/mol. The topological polar surface area (TPSA) is 42.0 Å². The van der Waals surface area contributed by atoms with Gasteiger partial charge in [-0.2, -0.15) is 0 Å². The fourth-order valence-electron chi connectivity index (χ4n) is 7.27. The van der Waals surface area contributed by atoms with Gasteiger partial charge in [-0.15, -0.1) is 0 Å². The summed E-state index contributed by atoms with van der Waals surface area (Å²) in [6.07, 6.45) is 5.39. The molecule has 0 spiro atoms. The molecule has 2 aliphatic heterocycles. The van der Waals surface area contributed by atoms with Crippen LogP contribution in [0.25, 0.3) is 0 Å². The van der Waals surface area contributed by atoms with Crippen LogP contribution in [0.3, 0.4) is 0 Å². The van der Waals surface area contributed by atoms with Gasteiger partial charge < -0.3 is 14.4 Å². The molecule has 0 aliphatic carbocycles. The highest BCUT2D eigenvalue weighted by Gasteiger charge is 2.39. The van der Waals surface area contributed by atoms with E-state index in [0.29, 0.717) is 5.92 Å². The minimum atomic E-state index is -0.145. The van der Waals surface area contributed by atoms with Gasteiger partial charge in [-0.05, 0) is 103 Å². The average Bonchev–Trinajstić information content (AvgIpc) is 3.09. The van der Waals surface area contributed by atoms with Gasteiger partial charge in [0.1, 0.15) is 11.5 Å². The average molecular weight is 589 g/mol. The van der Waals surface area contributed by atoms with E-state index in [2.05, 4.69) is 107 Å². The van der Waals surface area contributed by atoms with Crippen LogP contribution in [-0.2, 0) is 18.4 Å². The van der Waals surface area contributed by atoms with Crippen molar-refractivity contribution in [3.63, 3.8) is 0 Å². The Morgan fingerprint density at radius 1 is 0.750 bits per heavy atom. The molecule has 4 aromatic carbocycles. The Bertz CT molecular complexity index is 1460. The molecule has 44 heavy (non-hydrogen) atoms. The van der Waals surface area contributed by atoms with E-state index in [9.17, 15) is 4.79 Å². The van der Waals surface area contributed by atoms with E-state index >= 15 is 0 Å². The number of piperidine rings is 2. The van der Waals surface area contributed by atoms with Crippen LogP contribution in [0.4, 0.5) is 0 Å². The summed E-state index contributed by atoms with van der Waals surface area (Å²) in [6.45, 7) is 4.41. The second kappa shape index (κ2) is 13.7. The van der Waals surface area contributed by atoms with Crippen molar-refractivity contribution in [2.45, 2.75) is 44.1 Å². The minimum absolute atomic E-state index is 0.145. The normalized spacial score (nSPS) is 17.3. The molecule has 2 fully saturated rings. The SMILES string of the molecule is COc1ccc(C2(c3ccc(OC)cc3)CCCN(Cc3cccc(C(=O)N4CCC(Cc5ccccc5)CC4)c3)C2)cc1. The van der Waals surface area contributed by atoms with E-state index in [0.717, 1.165) is 81.9 Å². The summed E-state index contributed by atoms with van der Waals surface area (Å²) in [7, 11) is 3.42. The fraction of sp³-hybridized carbons (Fsp3) is 0.359. The highest BCUT2D eigenvalue weighted by molar-refractivity contribution is 5.94. The van der Waals surface area contributed by atoms with E-state index < -0.39 is 0 Å². The standard InChI is InChI=1S/C39H44N2O3/c1-43-36-16-12-34(13-17-36)39(35-14-18-37(44-2)19-15-35)22-7-23-40(29-39)28-32-10-6-11-33(27-32)38(42)41-24-20-31(21-25-41)26-30-8-4-3-5-9-30/h3-6,8-19,27,31H,7,20-26,28-29H2,1-2H3. The predicted molar refractivity (Wildman–Crippen MR) is 176 cm³/mol. The number of methoxy groups -OCH3 is 2. The molecule has 2 heterocycles. The van der Waals surface area contributed by atoms with Crippen LogP contribution in [0.15, 0.2) is 103 Å². The van der Waals surface area contributed by atoms with Crippen LogP contribution in [0.2, 0.25) is 0 Å². The Morgan fingerprint density at radius 2 is 1.36 bits per heavy atom. The van der Waals surface area contributed by atoms with Crippen LogP contribution < -0.4 is 9.47 Å². The fourth-order valence-corrected chi connectivity index (χ4v) is 7.27. The zero-order valence-corrected chi connectivity index (χ0v) is 26.1. The number of benzene rings is 4. The summed E-state index contributed by atoms with van der Waals surface area (Å²) in [5.74, 6) is 2.54. The third-order valence-corrected chi connectivity index (χ3v) is 9.71. The summed E-state index contributed by atoms with van der Waals surface area (Å²) in [6, 6.07) is 36.2. The van der Waals surface area contributed by atoms with Gasteiger partial charge in [0, 0.05) is 37.2 Å². The zero-order valence-electron chi connectivity index (χ0n) is 26.1. The van der Waals surface area contributed by atoms with Crippen molar-refractivity contribution >= 4 is 5.91 Å². The van der Waals surface area contributed by atoms with Gasteiger partial charge in [-0.25, -0.2) is 0 Å². The second-order valence-electron chi connectivity index (χ2n) is 12.5. The maximum atomic E-state index is 13.6. The van der Waals surface area contributed by atoms with Crippen molar-refractivity contribution in [1.29, 1.82) is 0 Å². The first-order valence-corrected chi connectivity index (χ1v) is 16.0. The molecule has 0 bridgehead atoms. The minimum Gasteiger partial charge on any atom is -0.497 e. The van der Waals surface area contributed by atoms with E-state index in [4.69, 9.17) is 9.47 Å². The van der Waals surface area contributed by atoms with Crippen molar-refractivity contribution in [3.05, 3.63) is 131 Å². The molecule has 6 rings (SSSR count). The molecule has 0 N–H and O–H groups in total. The van der Waals surface area contributed by atoms with E-state index in [1.54, 1.807) is 14.2 Å².